The molecular weight excluding hydrogens is 470 g/mol. The molecule has 1 aromatic carbocycles. The van der Waals surface area contributed by atoms with E-state index in [9.17, 15) is 0 Å². The van der Waals surface area contributed by atoms with Crippen molar-refractivity contribution in [2.75, 3.05) is 36.3 Å². The lowest BCUT2D eigenvalue weighted by molar-refractivity contribution is 0.506. The van der Waals surface area contributed by atoms with Gasteiger partial charge in [-0.1, -0.05) is 17.8 Å². The Morgan fingerprint density at radius 3 is 2.53 bits per heavy atom. The van der Waals surface area contributed by atoms with Gasteiger partial charge >= 0.3 is 0 Å². The third-order valence-corrected chi connectivity index (χ3v) is 6.74. The number of thioether (sulfide) groups is 1. The summed E-state index contributed by atoms with van der Waals surface area (Å²) in [5.41, 5.74) is 19.3. The van der Waals surface area contributed by atoms with Crippen LogP contribution in [-0.2, 0) is 12.0 Å². The summed E-state index contributed by atoms with van der Waals surface area (Å²) in [6.45, 7) is 3.93. The number of hydrogen-bond donors (Lipinski definition) is 3. The van der Waals surface area contributed by atoms with Gasteiger partial charge in [-0.25, -0.2) is 4.98 Å². The van der Waals surface area contributed by atoms with Crippen molar-refractivity contribution in [1.29, 1.82) is 0 Å². The summed E-state index contributed by atoms with van der Waals surface area (Å²) in [6, 6.07) is 9.97. The van der Waals surface area contributed by atoms with Crippen LogP contribution in [0.15, 0.2) is 41.6 Å². The van der Waals surface area contributed by atoms with Gasteiger partial charge in [0.15, 0.2) is 11.0 Å². The van der Waals surface area contributed by atoms with E-state index < -0.39 is 5.54 Å². The van der Waals surface area contributed by atoms with Crippen molar-refractivity contribution in [1.82, 2.24) is 24.9 Å². The number of benzene rings is 1. The van der Waals surface area contributed by atoms with Crippen LogP contribution < -0.4 is 21.7 Å². The average Bonchev–Trinajstić information content (AvgIpc) is 2.84. The number of nitrogen functional groups attached to an aromatic ring is 1. The number of aromatic nitrogens is 5. The Hall–Kier alpha value is -3.76. The van der Waals surface area contributed by atoms with Crippen molar-refractivity contribution in [2.24, 2.45) is 5.73 Å². The fourth-order valence-corrected chi connectivity index (χ4v) is 4.79. The quantitative estimate of drug-likeness (QED) is 0.347. The minimum absolute atomic E-state index is 0.425. The second kappa shape index (κ2) is 9.03. The van der Waals surface area contributed by atoms with Crippen molar-refractivity contribution >= 4 is 51.8 Å². The third kappa shape index (κ3) is 4.45. The number of pyridine rings is 2. The zero-order valence-electron chi connectivity index (χ0n) is 21.0. The lowest BCUT2D eigenvalue weighted by atomic mass is 9.84. The molecule has 184 valence electrons. The maximum absolute atomic E-state index is 6.86. The van der Waals surface area contributed by atoms with E-state index in [0.717, 1.165) is 44.9 Å². The summed E-state index contributed by atoms with van der Waals surface area (Å²) < 4.78 is 0. The molecule has 1 aliphatic rings. The standard InChI is InChI=1S/C26H29N9S/c1-14-10-19(27)18-13-26(28,9-8-21(18)29-14)23-32-24(34-25(33-23)36-5)31-16-6-7-20-17(12-16)22(35(3)4)11-15(2)30-20/h6-12H,13,28H2,1-5H3,(H2,27,29)(H,31,32,33,34). The minimum atomic E-state index is -0.940. The van der Waals surface area contributed by atoms with Gasteiger partial charge in [0.05, 0.1) is 16.7 Å². The van der Waals surface area contributed by atoms with E-state index in [-0.39, 0.29) is 0 Å². The fraction of sp³-hybridized carbons (Fsp3) is 0.269. The third-order valence-electron chi connectivity index (χ3n) is 6.19. The molecule has 3 aromatic heterocycles. The molecule has 5 rings (SSSR count). The van der Waals surface area contributed by atoms with Crippen LogP contribution in [-0.4, -0.2) is 45.3 Å². The van der Waals surface area contributed by atoms with Gasteiger partial charge < -0.3 is 21.7 Å². The number of hydrogen-bond acceptors (Lipinski definition) is 10. The Morgan fingerprint density at radius 1 is 1.00 bits per heavy atom. The average molecular weight is 500 g/mol. The highest BCUT2D eigenvalue weighted by molar-refractivity contribution is 7.98. The molecule has 1 unspecified atom stereocenters. The van der Waals surface area contributed by atoms with Gasteiger partial charge in [0, 0.05) is 59.9 Å². The normalized spacial score (nSPS) is 16.7. The highest BCUT2D eigenvalue weighted by atomic mass is 32.2. The van der Waals surface area contributed by atoms with Crippen LogP contribution in [0.5, 0.6) is 0 Å². The Balaban J connectivity index is 1.53. The van der Waals surface area contributed by atoms with Crippen LogP contribution in [0.4, 0.5) is 23.0 Å². The molecule has 0 fully saturated rings. The van der Waals surface area contributed by atoms with Gasteiger partial charge in [0.1, 0.15) is 0 Å². The van der Waals surface area contributed by atoms with E-state index in [0.29, 0.717) is 29.0 Å². The zero-order valence-corrected chi connectivity index (χ0v) is 21.8. The highest BCUT2D eigenvalue weighted by Gasteiger charge is 2.34. The molecule has 0 amide bonds. The molecule has 0 saturated carbocycles. The fourth-order valence-electron chi connectivity index (χ4n) is 4.44. The second-order valence-corrected chi connectivity index (χ2v) is 10.0. The van der Waals surface area contributed by atoms with Gasteiger partial charge in [-0.15, -0.1) is 0 Å². The number of fused-ring (bicyclic) bond motifs is 2. The van der Waals surface area contributed by atoms with Gasteiger partial charge in [-0.3, -0.25) is 9.97 Å². The van der Waals surface area contributed by atoms with Crippen LogP contribution in [0.3, 0.4) is 0 Å². The summed E-state index contributed by atoms with van der Waals surface area (Å²) >= 11 is 1.44. The molecule has 1 aliphatic carbocycles. The van der Waals surface area contributed by atoms with Crippen LogP contribution >= 0.6 is 11.8 Å². The minimum Gasteiger partial charge on any atom is -0.398 e. The van der Waals surface area contributed by atoms with Crippen LogP contribution in [0.1, 0.15) is 28.5 Å². The number of nitrogens with two attached hydrogens (primary N) is 2. The highest BCUT2D eigenvalue weighted by Crippen LogP contribution is 2.34. The van der Waals surface area contributed by atoms with E-state index in [2.05, 4.69) is 42.3 Å². The Labute approximate surface area is 214 Å². The molecule has 4 aromatic rings. The Bertz CT molecular complexity index is 1520. The number of rotatable bonds is 5. The molecule has 10 heteroatoms. The summed E-state index contributed by atoms with van der Waals surface area (Å²) in [5, 5.41) is 4.96. The lowest BCUT2D eigenvalue weighted by Crippen LogP contribution is -2.41. The summed E-state index contributed by atoms with van der Waals surface area (Å²) in [5.74, 6) is 0.896. The first-order valence-electron chi connectivity index (χ1n) is 11.6. The number of nitrogens with one attached hydrogen (secondary N) is 1. The summed E-state index contributed by atoms with van der Waals surface area (Å²) in [6.07, 6.45) is 6.18. The molecule has 0 saturated heterocycles. The number of aryl methyl sites for hydroxylation is 2. The first kappa shape index (κ1) is 24.0. The molecule has 0 spiro atoms. The SMILES string of the molecule is CSc1nc(Nc2ccc3nc(C)cc(N(C)C)c3c2)nc(C2(N)C=Cc3nc(C)cc(N)c3C2)n1. The second-order valence-electron chi connectivity index (χ2n) is 9.27. The van der Waals surface area contributed by atoms with E-state index >= 15 is 0 Å². The van der Waals surface area contributed by atoms with Crippen LogP contribution in [0.2, 0.25) is 0 Å². The van der Waals surface area contributed by atoms with Crippen molar-refractivity contribution in [2.45, 2.75) is 31.0 Å². The van der Waals surface area contributed by atoms with E-state index in [1.807, 2.05) is 64.5 Å². The van der Waals surface area contributed by atoms with E-state index in [1.165, 1.54) is 11.8 Å². The van der Waals surface area contributed by atoms with E-state index in [1.54, 1.807) is 0 Å². The molecule has 9 nitrogen and oxygen atoms in total. The first-order valence-corrected chi connectivity index (χ1v) is 12.8. The van der Waals surface area contributed by atoms with Crippen LogP contribution in [0.25, 0.3) is 17.0 Å². The monoisotopic (exact) mass is 499 g/mol. The predicted octanol–water partition coefficient (Wildman–Crippen LogP) is 3.97. The summed E-state index contributed by atoms with van der Waals surface area (Å²) in [4.78, 5) is 25.3. The van der Waals surface area contributed by atoms with Crippen molar-refractivity contribution in [3.63, 3.8) is 0 Å². The topological polar surface area (TPSA) is 132 Å². The molecule has 3 heterocycles. The largest absolute Gasteiger partial charge is 0.398 e. The van der Waals surface area contributed by atoms with Crippen molar-refractivity contribution in [3.05, 3.63) is 64.9 Å². The smallest absolute Gasteiger partial charge is 0.231 e. The molecule has 0 aliphatic heterocycles. The molecular formula is C26H29N9S. The maximum atomic E-state index is 6.86. The Kier molecular flexibility index (Phi) is 6.01. The number of nitrogens with zero attached hydrogens (tertiary/aromatic N) is 6. The lowest BCUT2D eigenvalue weighted by Gasteiger charge is -2.29. The molecule has 5 N–H and O–H groups in total. The molecule has 0 bridgehead atoms. The first-order chi connectivity index (χ1) is 17.1. The molecule has 36 heavy (non-hydrogen) atoms. The summed E-state index contributed by atoms with van der Waals surface area (Å²) in [7, 11) is 4.05. The van der Waals surface area contributed by atoms with Crippen molar-refractivity contribution < 1.29 is 0 Å². The maximum Gasteiger partial charge on any atom is 0.231 e. The van der Waals surface area contributed by atoms with Crippen LogP contribution in [0, 0.1) is 13.8 Å². The van der Waals surface area contributed by atoms with Crippen molar-refractivity contribution in [3.8, 4) is 0 Å². The number of anilines is 4. The van der Waals surface area contributed by atoms with Gasteiger partial charge in [-0.2, -0.15) is 9.97 Å². The molecule has 0 radical (unpaired) electrons. The van der Waals surface area contributed by atoms with Gasteiger partial charge in [-0.05, 0) is 56.5 Å². The Morgan fingerprint density at radius 2 is 1.78 bits per heavy atom. The van der Waals surface area contributed by atoms with E-state index in [4.69, 9.17) is 16.5 Å². The van der Waals surface area contributed by atoms with Gasteiger partial charge in [0.2, 0.25) is 5.95 Å². The zero-order chi connectivity index (χ0) is 25.6. The molecule has 1 atom stereocenters. The predicted molar refractivity (Wildman–Crippen MR) is 148 cm³/mol. The van der Waals surface area contributed by atoms with Gasteiger partial charge in [0.25, 0.3) is 0 Å².